The van der Waals surface area contributed by atoms with Crippen LogP contribution in [0.2, 0.25) is 0 Å². The number of aromatic hydroxyl groups is 1. The number of alkyl halides is 4. The van der Waals surface area contributed by atoms with E-state index in [4.69, 9.17) is 14.2 Å². The lowest BCUT2D eigenvalue weighted by molar-refractivity contribution is -0.286. The van der Waals surface area contributed by atoms with E-state index in [0.29, 0.717) is 11.2 Å². The van der Waals surface area contributed by atoms with Crippen molar-refractivity contribution < 1.29 is 51.5 Å². The minimum absolute atomic E-state index is 0.0383. The van der Waals surface area contributed by atoms with Crippen LogP contribution < -0.4 is 23.7 Å². The van der Waals surface area contributed by atoms with Gasteiger partial charge in [0.25, 0.3) is 0 Å². The molecule has 0 saturated heterocycles. The smallest absolute Gasteiger partial charge is 0.508 e. The third-order valence-electron chi connectivity index (χ3n) is 18.8. The summed E-state index contributed by atoms with van der Waals surface area (Å²) in [6, 6.07) is 34.6. The Kier molecular flexibility index (Phi) is 22.2. The van der Waals surface area contributed by atoms with Crippen LogP contribution in [0.4, 0.5) is 17.6 Å². The minimum Gasteiger partial charge on any atom is -0.508 e. The number of benzene rings is 6. The number of aliphatic hydroxyl groups is 1. The monoisotopic (exact) mass is 1280 g/mol. The Balaban J connectivity index is 0.000000158. The van der Waals surface area contributed by atoms with Crippen molar-refractivity contribution in [2.75, 3.05) is 6.61 Å². The number of phenols is 1. The quantitative estimate of drug-likeness (QED) is 0.147. The fraction of sp³-hybridized carbons (Fsp3) is 0.561. The van der Waals surface area contributed by atoms with Crippen LogP contribution in [0.3, 0.4) is 0 Å². The van der Waals surface area contributed by atoms with Gasteiger partial charge in [-0.15, -0.1) is 8.78 Å². The van der Waals surface area contributed by atoms with Crippen molar-refractivity contribution in [1.29, 1.82) is 0 Å². The molecule has 0 bridgehead atoms. The van der Waals surface area contributed by atoms with Crippen molar-refractivity contribution in [3.05, 3.63) is 175 Å². The molecule has 3 heterocycles. The van der Waals surface area contributed by atoms with Crippen LogP contribution in [0.5, 0.6) is 34.5 Å². The molecular weight excluding hydrogens is 1170 g/mol. The average Bonchev–Trinajstić information content (AvgIpc) is 1.35. The van der Waals surface area contributed by atoms with E-state index < -0.39 is 18.0 Å². The summed E-state index contributed by atoms with van der Waals surface area (Å²) in [6.45, 7) is 46.3. The second-order valence-corrected chi connectivity index (χ2v) is 33.6. The zero-order valence-electron chi connectivity index (χ0n) is 60.5. The van der Waals surface area contributed by atoms with Crippen LogP contribution in [0, 0.1) is 0 Å². The molecule has 6 aromatic carbocycles. The van der Waals surface area contributed by atoms with E-state index in [1.54, 1.807) is 35.4 Å². The molecule has 0 amide bonds. The van der Waals surface area contributed by atoms with Gasteiger partial charge in [0, 0.05) is 13.8 Å². The highest BCUT2D eigenvalue weighted by molar-refractivity contribution is 5.50. The lowest BCUT2D eigenvalue weighted by Crippen LogP contribution is -2.54. The summed E-state index contributed by atoms with van der Waals surface area (Å²) >= 11 is 0. The lowest BCUT2D eigenvalue weighted by Gasteiger charge is -2.39. The first kappa shape index (κ1) is 74.2. The van der Waals surface area contributed by atoms with Gasteiger partial charge in [-0.25, -0.2) is 0 Å². The minimum atomic E-state index is -3.53. The molecule has 93 heavy (non-hydrogen) atoms. The summed E-state index contributed by atoms with van der Waals surface area (Å²) in [7, 11) is 0. The molecule has 510 valence electrons. The topological polar surface area (TPSA) is 86.6 Å². The predicted molar refractivity (Wildman–Crippen MR) is 373 cm³/mol. The molecule has 6 aliphatic rings. The standard InChI is InChI=1S/C15H22O.C14H18F2O2.2C14H20O.C14H20.C11H12F2O2/c1-14(2,3)11-6-7-12-13(10-11)16-9-8-15(12,4)5;1-12(2,3)9-6-7-10-11(8-9)18-14(5,16)13(4,15)17-10;1-14(2,3)11-8-7-10-5-4-6-13(15)12(10)9-11;1-14(2,3)12-8-10-6-4-5-7-11(10)9-13(12)15;1-14(2,3)13-9-8-11-6-4-5-7-12(11)10-13;1-10(2,3)7-4-5-8-9(6-7)15-11(12,13)14-8/h6-7,10H,8-9H2,1-5H3;6-8H,1-5H3;7-9,13,15H,4-6H2,1-3H3;8-9,15H,4-7H2,1-3H3;8-10H,4-7H2,1-3H3;4-6H,1-3H3. The molecule has 12 rings (SSSR count). The number of aliphatic hydroxyl groups excluding tert-OH is 1. The van der Waals surface area contributed by atoms with E-state index in [1.807, 2.05) is 53.7 Å². The highest BCUT2D eigenvalue weighted by atomic mass is 19.3. The first-order chi connectivity index (χ1) is 42.6. The van der Waals surface area contributed by atoms with E-state index in [1.165, 1.54) is 90.0 Å². The summed E-state index contributed by atoms with van der Waals surface area (Å²) < 4.78 is 78.0. The van der Waals surface area contributed by atoms with Gasteiger partial charge in [0.1, 0.15) is 11.5 Å². The van der Waals surface area contributed by atoms with Crippen molar-refractivity contribution in [1.82, 2.24) is 0 Å². The van der Waals surface area contributed by atoms with E-state index >= 15 is 0 Å². The second kappa shape index (κ2) is 27.9. The molecule has 3 aliphatic heterocycles. The fourth-order valence-corrected chi connectivity index (χ4v) is 12.2. The summed E-state index contributed by atoms with van der Waals surface area (Å²) in [6.07, 6.45) is 10.7. The molecule has 0 fully saturated rings. The zero-order valence-corrected chi connectivity index (χ0v) is 60.5. The molecule has 0 spiro atoms. The Morgan fingerprint density at radius 1 is 0.387 bits per heavy atom. The number of hydrogen-bond donors (Lipinski definition) is 2. The first-order valence-corrected chi connectivity index (χ1v) is 34.0. The number of fused-ring (bicyclic) bond motifs is 6. The van der Waals surface area contributed by atoms with Gasteiger partial charge in [0.15, 0.2) is 23.0 Å². The van der Waals surface area contributed by atoms with Crippen LogP contribution in [-0.4, -0.2) is 34.8 Å². The van der Waals surface area contributed by atoms with Crippen LogP contribution in [0.25, 0.3) is 0 Å². The molecule has 0 saturated carbocycles. The van der Waals surface area contributed by atoms with Gasteiger partial charge < -0.3 is 33.9 Å². The largest absolute Gasteiger partial charge is 0.586 e. The molecule has 2 N–H and O–H groups in total. The van der Waals surface area contributed by atoms with Crippen LogP contribution >= 0.6 is 0 Å². The number of rotatable bonds is 0. The fourth-order valence-electron chi connectivity index (χ4n) is 12.2. The molecule has 3 atom stereocenters. The molecule has 3 aliphatic carbocycles. The van der Waals surface area contributed by atoms with Gasteiger partial charge >= 0.3 is 18.0 Å². The highest BCUT2D eigenvalue weighted by Gasteiger charge is 2.55. The Hall–Kier alpha value is -6.20. The molecule has 7 nitrogen and oxygen atoms in total. The molecule has 11 heteroatoms. The number of aryl methyl sites for hydroxylation is 5. The van der Waals surface area contributed by atoms with Crippen molar-refractivity contribution in [3.8, 4) is 34.5 Å². The van der Waals surface area contributed by atoms with E-state index in [0.717, 1.165) is 80.6 Å². The van der Waals surface area contributed by atoms with E-state index in [-0.39, 0.29) is 61.6 Å². The van der Waals surface area contributed by atoms with Gasteiger partial charge in [-0.05, 0) is 224 Å². The Morgan fingerprint density at radius 3 is 1.27 bits per heavy atom. The van der Waals surface area contributed by atoms with E-state index in [9.17, 15) is 27.8 Å². The average molecular weight is 1290 g/mol. The maximum atomic E-state index is 14.0. The SMILES string of the molecule is CC(C)(C)c1cc2c(cc1O)CCCC2.CC(C)(C)c1ccc2c(c1)C(O)CCC2.CC(C)(C)c1ccc2c(c1)CCCC2.CC(C)(C)c1ccc2c(c1)OC(C)(F)C(C)(F)O2.CC(C)(C)c1ccc2c(c1)OC(F)(F)O2.CC(C)(C)c1ccc2c(c1)OCCC2(C)C. The summed E-state index contributed by atoms with van der Waals surface area (Å²) in [5, 5.41) is 20.0. The van der Waals surface area contributed by atoms with Crippen LogP contribution in [-0.2, 0) is 70.0 Å². The van der Waals surface area contributed by atoms with Crippen molar-refractivity contribution in [3.63, 3.8) is 0 Å². The maximum absolute atomic E-state index is 14.0. The third-order valence-corrected chi connectivity index (χ3v) is 18.8. The Labute approximate surface area is 556 Å². The Bertz CT molecular complexity index is 3530. The lowest BCUT2D eigenvalue weighted by atomic mass is 9.77. The van der Waals surface area contributed by atoms with Crippen LogP contribution in [0.1, 0.15) is 276 Å². The summed E-state index contributed by atoms with van der Waals surface area (Å²) in [5.74, 6) is -2.78. The zero-order chi connectivity index (χ0) is 69.3. The van der Waals surface area contributed by atoms with Crippen molar-refractivity contribution >= 4 is 0 Å². The normalized spacial score (nSPS) is 20.7. The number of halogens is 4. The van der Waals surface area contributed by atoms with Crippen molar-refractivity contribution in [2.24, 2.45) is 0 Å². The van der Waals surface area contributed by atoms with Gasteiger partial charge in [-0.3, -0.25) is 0 Å². The third kappa shape index (κ3) is 19.3. The molecule has 0 radical (unpaired) electrons. The van der Waals surface area contributed by atoms with Gasteiger partial charge in [0.2, 0.25) is 0 Å². The highest BCUT2D eigenvalue weighted by Crippen LogP contribution is 2.48. The summed E-state index contributed by atoms with van der Waals surface area (Å²) in [4.78, 5) is 0. The molecule has 3 unspecified atom stereocenters. The van der Waals surface area contributed by atoms with E-state index in [2.05, 4.69) is 167 Å². The number of hydrogen-bond acceptors (Lipinski definition) is 7. The second-order valence-electron chi connectivity index (χ2n) is 33.6. The molecule has 0 aromatic heterocycles. The Morgan fingerprint density at radius 2 is 0.763 bits per heavy atom. The first-order valence-electron chi connectivity index (χ1n) is 34.0. The number of ether oxygens (including phenoxy) is 5. The van der Waals surface area contributed by atoms with Crippen molar-refractivity contribution in [2.45, 2.75) is 291 Å². The summed E-state index contributed by atoms with van der Waals surface area (Å²) in [5.41, 5.74) is 17.8. The van der Waals surface area contributed by atoms with Gasteiger partial charge in [-0.2, -0.15) is 8.78 Å². The molecular formula is C82H112F4O7. The molecule has 6 aromatic rings. The predicted octanol–water partition coefficient (Wildman–Crippen LogP) is 22.3. The maximum Gasteiger partial charge on any atom is 0.586 e. The van der Waals surface area contributed by atoms with Gasteiger partial charge in [0.05, 0.1) is 12.7 Å². The van der Waals surface area contributed by atoms with Gasteiger partial charge in [-0.1, -0.05) is 205 Å². The van der Waals surface area contributed by atoms with Crippen LogP contribution in [0.15, 0.2) is 103 Å². The number of phenolic OH excluding ortho intramolecular Hbond substituents is 1.